The van der Waals surface area contributed by atoms with Crippen LogP contribution in [0.4, 0.5) is 5.69 Å². The van der Waals surface area contributed by atoms with Crippen LogP contribution in [-0.4, -0.2) is 4.98 Å². The van der Waals surface area contributed by atoms with Crippen LogP contribution in [0.3, 0.4) is 0 Å². The zero-order valence-corrected chi connectivity index (χ0v) is 9.16. The molecule has 1 heterocycles. The number of nitrogens with zero attached hydrogens (tertiary/aromatic N) is 1. The van der Waals surface area contributed by atoms with Gasteiger partial charge in [0.25, 0.3) is 0 Å². The summed E-state index contributed by atoms with van der Waals surface area (Å²) in [7, 11) is 0. The summed E-state index contributed by atoms with van der Waals surface area (Å²) in [5.74, 6) is 1.25. The standard InChI is InChI=1S/C12H16N2O/c1-3-8(4-2)12-14-10-6-5-9(13)7-11(10)15-12/h5-8H,3-4,13H2,1-2H3. The molecule has 0 aliphatic heterocycles. The van der Waals surface area contributed by atoms with Crippen molar-refractivity contribution in [3.63, 3.8) is 0 Å². The molecule has 0 radical (unpaired) electrons. The predicted octanol–water partition coefficient (Wildman–Crippen LogP) is 3.31. The van der Waals surface area contributed by atoms with Crippen molar-refractivity contribution in [2.45, 2.75) is 32.6 Å². The number of rotatable bonds is 3. The van der Waals surface area contributed by atoms with Crippen LogP contribution in [-0.2, 0) is 0 Å². The third-order valence-electron chi connectivity index (χ3n) is 2.76. The molecule has 0 fully saturated rings. The van der Waals surface area contributed by atoms with E-state index >= 15 is 0 Å². The zero-order valence-electron chi connectivity index (χ0n) is 9.16. The van der Waals surface area contributed by atoms with Crippen LogP contribution < -0.4 is 5.73 Å². The van der Waals surface area contributed by atoms with E-state index in [2.05, 4.69) is 18.8 Å². The van der Waals surface area contributed by atoms with E-state index in [9.17, 15) is 0 Å². The normalized spacial score (nSPS) is 11.4. The second-order valence-electron chi connectivity index (χ2n) is 3.79. The lowest BCUT2D eigenvalue weighted by atomic mass is 10.0. The van der Waals surface area contributed by atoms with Crippen molar-refractivity contribution < 1.29 is 4.42 Å². The fraction of sp³-hybridized carbons (Fsp3) is 0.417. The molecule has 2 N–H and O–H groups in total. The summed E-state index contributed by atoms with van der Waals surface area (Å²) < 4.78 is 5.70. The van der Waals surface area contributed by atoms with Gasteiger partial charge in [-0.3, -0.25) is 0 Å². The maximum absolute atomic E-state index is 5.70. The summed E-state index contributed by atoms with van der Waals surface area (Å²) >= 11 is 0. The summed E-state index contributed by atoms with van der Waals surface area (Å²) in [6.07, 6.45) is 2.11. The SMILES string of the molecule is CCC(CC)c1nc2ccc(N)cc2o1. The maximum Gasteiger partial charge on any atom is 0.198 e. The van der Waals surface area contributed by atoms with Crippen LogP contribution in [0.15, 0.2) is 22.6 Å². The lowest BCUT2D eigenvalue weighted by molar-refractivity contribution is 0.453. The molecular weight excluding hydrogens is 188 g/mol. The van der Waals surface area contributed by atoms with E-state index in [-0.39, 0.29) is 0 Å². The Bertz CT molecular complexity index is 458. The topological polar surface area (TPSA) is 52.0 Å². The quantitative estimate of drug-likeness (QED) is 0.780. The molecule has 1 aromatic heterocycles. The second kappa shape index (κ2) is 3.93. The third kappa shape index (κ3) is 1.82. The molecule has 1 aromatic carbocycles. The lowest BCUT2D eigenvalue weighted by Crippen LogP contribution is -1.94. The largest absolute Gasteiger partial charge is 0.440 e. The van der Waals surface area contributed by atoms with Crippen LogP contribution in [0.5, 0.6) is 0 Å². The van der Waals surface area contributed by atoms with Gasteiger partial charge in [0.05, 0.1) is 0 Å². The number of hydrogen-bond acceptors (Lipinski definition) is 3. The van der Waals surface area contributed by atoms with Gasteiger partial charge in [0.2, 0.25) is 0 Å². The highest BCUT2D eigenvalue weighted by Gasteiger charge is 2.14. The van der Waals surface area contributed by atoms with Gasteiger partial charge in [-0.25, -0.2) is 4.98 Å². The Morgan fingerprint density at radius 2 is 2.07 bits per heavy atom. The monoisotopic (exact) mass is 204 g/mol. The second-order valence-corrected chi connectivity index (χ2v) is 3.79. The highest BCUT2D eigenvalue weighted by atomic mass is 16.3. The van der Waals surface area contributed by atoms with Gasteiger partial charge in [0, 0.05) is 17.7 Å². The van der Waals surface area contributed by atoms with Gasteiger partial charge in [-0.1, -0.05) is 13.8 Å². The van der Waals surface area contributed by atoms with E-state index in [0.717, 1.165) is 35.5 Å². The van der Waals surface area contributed by atoms with Gasteiger partial charge >= 0.3 is 0 Å². The molecule has 80 valence electrons. The number of nitrogens with two attached hydrogens (primary N) is 1. The lowest BCUT2D eigenvalue weighted by Gasteiger charge is -2.05. The highest BCUT2D eigenvalue weighted by Crippen LogP contribution is 2.26. The minimum Gasteiger partial charge on any atom is -0.440 e. The molecule has 0 spiro atoms. The molecule has 0 aliphatic carbocycles. The van der Waals surface area contributed by atoms with Crippen LogP contribution in [0.25, 0.3) is 11.1 Å². The van der Waals surface area contributed by atoms with Crippen molar-refractivity contribution in [3.05, 3.63) is 24.1 Å². The van der Waals surface area contributed by atoms with Crippen molar-refractivity contribution >= 4 is 16.8 Å². The first-order valence-corrected chi connectivity index (χ1v) is 5.40. The van der Waals surface area contributed by atoms with Gasteiger partial charge in [-0.2, -0.15) is 0 Å². The Kier molecular flexibility index (Phi) is 2.62. The molecule has 0 aliphatic rings. The van der Waals surface area contributed by atoms with Crippen molar-refractivity contribution in [1.29, 1.82) is 0 Å². The number of fused-ring (bicyclic) bond motifs is 1. The van der Waals surface area contributed by atoms with Crippen molar-refractivity contribution in [2.24, 2.45) is 0 Å². The zero-order chi connectivity index (χ0) is 10.8. The molecule has 2 rings (SSSR count). The van der Waals surface area contributed by atoms with Gasteiger partial charge in [-0.15, -0.1) is 0 Å². The van der Waals surface area contributed by atoms with Crippen molar-refractivity contribution in [3.8, 4) is 0 Å². The average molecular weight is 204 g/mol. The fourth-order valence-electron chi connectivity index (χ4n) is 1.77. The first-order valence-electron chi connectivity index (χ1n) is 5.40. The smallest absolute Gasteiger partial charge is 0.198 e. The summed E-state index contributed by atoms with van der Waals surface area (Å²) in [4.78, 5) is 4.47. The average Bonchev–Trinajstić information content (AvgIpc) is 2.62. The van der Waals surface area contributed by atoms with Crippen LogP contribution in [0.1, 0.15) is 38.5 Å². The molecule has 0 atom stereocenters. The first kappa shape index (κ1) is 10.0. The first-order chi connectivity index (χ1) is 7.24. The minimum absolute atomic E-state index is 0.415. The van der Waals surface area contributed by atoms with E-state index in [1.807, 2.05) is 18.2 Å². The minimum atomic E-state index is 0.415. The van der Waals surface area contributed by atoms with Gasteiger partial charge in [-0.05, 0) is 25.0 Å². The Morgan fingerprint density at radius 1 is 1.33 bits per heavy atom. The van der Waals surface area contributed by atoms with Crippen LogP contribution >= 0.6 is 0 Å². The van der Waals surface area contributed by atoms with Gasteiger partial charge in [0.15, 0.2) is 11.5 Å². The molecule has 0 saturated heterocycles. The molecule has 0 unspecified atom stereocenters. The molecule has 0 bridgehead atoms. The van der Waals surface area contributed by atoms with Crippen molar-refractivity contribution in [1.82, 2.24) is 4.98 Å². The molecule has 2 aromatic rings. The summed E-state index contributed by atoms with van der Waals surface area (Å²) in [5.41, 5.74) is 8.09. The number of nitrogen functional groups attached to an aromatic ring is 1. The number of hydrogen-bond donors (Lipinski definition) is 1. The molecule has 0 amide bonds. The Labute approximate surface area is 89.3 Å². The number of anilines is 1. The molecule has 0 saturated carbocycles. The maximum atomic E-state index is 5.70. The van der Waals surface area contributed by atoms with Gasteiger partial charge in [0.1, 0.15) is 5.52 Å². The number of aromatic nitrogens is 1. The van der Waals surface area contributed by atoms with E-state index in [1.165, 1.54) is 0 Å². The highest BCUT2D eigenvalue weighted by molar-refractivity contribution is 5.76. The summed E-state index contributed by atoms with van der Waals surface area (Å²) in [5, 5.41) is 0. The van der Waals surface area contributed by atoms with Crippen LogP contribution in [0, 0.1) is 0 Å². The third-order valence-corrected chi connectivity index (χ3v) is 2.76. The van der Waals surface area contributed by atoms with E-state index in [0.29, 0.717) is 5.92 Å². The molecular formula is C12H16N2O. The number of benzene rings is 1. The van der Waals surface area contributed by atoms with Crippen LogP contribution in [0.2, 0.25) is 0 Å². The molecule has 3 nitrogen and oxygen atoms in total. The summed E-state index contributed by atoms with van der Waals surface area (Å²) in [6.45, 7) is 4.30. The molecule has 15 heavy (non-hydrogen) atoms. The van der Waals surface area contributed by atoms with E-state index in [1.54, 1.807) is 0 Å². The van der Waals surface area contributed by atoms with E-state index in [4.69, 9.17) is 10.2 Å². The summed E-state index contributed by atoms with van der Waals surface area (Å²) in [6, 6.07) is 5.58. The Morgan fingerprint density at radius 3 is 2.73 bits per heavy atom. The van der Waals surface area contributed by atoms with Gasteiger partial charge < -0.3 is 10.2 Å². The molecule has 3 heteroatoms. The predicted molar refractivity (Wildman–Crippen MR) is 61.7 cm³/mol. The van der Waals surface area contributed by atoms with E-state index < -0.39 is 0 Å². The Balaban J connectivity index is 2.46. The van der Waals surface area contributed by atoms with Crippen molar-refractivity contribution in [2.75, 3.05) is 5.73 Å². The number of oxazole rings is 1. The fourth-order valence-corrected chi connectivity index (χ4v) is 1.77. The Hall–Kier alpha value is -1.51.